The van der Waals surface area contributed by atoms with Gasteiger partial charge in [-0.25, -0.2) is 9.13 Å². The second-order valence-electron chi connectivity index (χ2n) is 7.93. The Bertz CT molecular complexity index is 1050. The van der Waals surface area contributed by atoms with Crippen LogP contribution >= 0.6 is 11.6 Å². The summed E-state index contributed by atoms with van der Waals surface area (Å²) >= 11 is 6.05. The summed E-state index contributed by atoms with van der Waals surface area (Å²) in [7, 11) is 0. The first-order valence-corrected chi connectivity index (χ1v) is 10.6. The number of fused-ring (bicyclic) bond motifs is 2. The van der Waals surface area contributed by atoms with E-state index in [1.807, 2.05) is 18.2 Å². The van der Waals surface area contributed by atoms with E-state index in [9.17, 15) is 4.79 Å². The maximum Gasteiger partial charge on any atom is 0.257 e. The van der Waals surface area contributed by atoms with Crippen LogP contribution in [0.2, 0.25) is 5.02 Å². The maximum absolute atomic E-state index is 13.0. The predicted molar refractivity (Wildman–Crippen MR) is 111 cm³/mol. The molecule has 4 heteroatoms. The summed E-state index contributed by atoms with van der Waals surface area (Å²) in [5.41, 5.74) is 5.95. The molecule has 2 aliphatic rings. The normalized spacial score (nSPS) is 15.3. The third kappa shape index (κ3) is 3.18. The average molecular weight is 392 g/mol. The van der Waals surface area contributed by atoms with Gasteiger partial charge in [0.15, 0.2) is 12.2 Å². The number of halogens is 1. The fourth-order valence-corrected chi connectivity index (χ4v) is 4.78. The van der Waals surface area contributed by atoms with E-state index in [4.69, 9.17) is 11.6 Å². The Kier molecular flexibility index (Phi) is 4.56. The second-order valence-corrected chi connectivity index (χ2v) is 8.37. The van der Waals surface area contributed by atoms with Crippen LogP contribution in [0.3, 0.4) is 0 Å². The predicted octanol–water partition coefficient (Wildman–Crippen LogP) is 4.80. The number of carbonyl (C=O) groups is 1. The highest BCUT2D eigenvalue weighted by atomic mass is 35.5. The molecular formula is C24H24ClN2O+. The first kappa shape index (κ1) is 17.7. The molecule has 0 fully saturated rings. The van der Waals surface area contributed by atoms with Crippen molar-refractivity contribution < 1.29 is 9.36 Å². The van der Waals surface area contributed by atoms with Crippen LogP contribution < -0.4 is 4.57 Å². The van der Waals surface area contributed by atoms with Crippen molar-refractivity contribution in [3.63, 3.8) is 0 Å². The summed E-state index contributed by atoms with van der Waals surface area (Å²) in [5, 5.41) is 0.743. The zero-order valence-electron chi connectivity index (χ0n) is 16.0. The highest BCUT2D eigenvalue weighted by Crippen LogP contribution is 2.26. The summed E-state index contributed by atoms with van der Waals surface area (Å²) in [5.74, 6) is 1.44. The van der Waals surface area contributed by atoms with Crippen molar-refractivity contribution in [2.24, 2.45) is 0 Å². The van der Waals surface area contributed by atoms with E-state index in [1.54, 1.807) is 0 Å². The lowest BCUT2D eigenvalue weighted by atomic mass is 9.90. The minimum absolute atomic E-state index is 0.196. The first-order valence-electron chi connectivity index (χ1n) is 10.2. The molecule has 2 heterocycles. The van der Waals surface area contributed by atoms with Crippen LogP contribution in [0.25, 0.3) is 11.3 Å². The molecular weight excluding hydrogens is 368 g/mol. The van der Waals surface area contributed by atoms with Gasteiger partial charge in [0.05, 0.1) is 13.0 Å². The average Bonchev–Trinajstić information content (AvgIpc) is 3.32. The Morgan fingerprint density at radius 2 is 1.75 bits per heavy atom. The smallest absolute Gasteiger partial charge is 0.257 e. The lowest BCUT2D eigenvalue weighted by Gasteiger charge is -2.16. The van der Waals surface area contributed by atoms with Gasteiger partial charge in [0.25, 0.3) is 5.82 Å². The van der Waals surface area contributed by atoms with Crippen molar-refractivity contribution in [2.75, 3.05) is 0 Å². The number of ketones is 1. The summed E-state index contributed by atoms with van der Waals surface area (Å²) in [6, 6.07) is 14.3. The highest BCUT2D eigenvalue weighted by molar-refractivity contribution is 6.30. The van der Waals surface area contributed by atoms with Gasteiger partial charge in [0.2, 0.25) is 5.78 Å². The van der Waals surface area contributed by atoms with Crippen LogP contribution in [0.5, 0.6) is 0 Å². The summed E-state index contributed by atoms with van der Waals surface area (Å²) in [6.45, 7) is 1.41. The van der Waals surface area contributed by atoms with E-state index in [1.165, 1.54) is 35.5 Å². The Labute approximate surface area is 170 Å². The largest absolute Gasteiger partial charge is 0.290 e. The monoisotopic (exact) mass is 391 g/mol. The van der Waals surface area contributed by atoms with Crippen molar-refractivity contribution in [2.45, 2.75) is 51.6 Å². The maximum atomic E-state index is 13.0. The number of nitrogens with zero attached hydrogens (tertiary/aromatic N) is 2. The van der Waals surface area contributed by atoms with Gasteiger partial charge in [-0.2, -0.15) is 0 Å². The quantitative estimate of drug-likeness (QED) is 0.463. The van der Waals surface area contributed by atoms with Gasteiger partial charge >= 0.3 is 0 Å². The highest BCUT2D eigenvalue weighted by Gasteiger charge is 2.30. The Morgan fingerprint density at radius 3 is 2.57 bits per heavy atom. The van der Waals surface area contributed by atoms with E-state index in [0.29, 0.717) is 6.54 Å². The van der Waals surface area contributed by atoms with Crippen LogP contribution in [0.1, 0.15) is 46.6 Å². The van der Waals surface area contributed by atoms with Gasteiger partial charge in [0.1, 0.15) is 6.20 Å². The summed E-state index contributed by atoms with van der Waals surface area (Å²) in [4.78, 5) is 13.0. The molecule has 3 nitrogen and oxygen atoms in total. The number of Topliss-reactive ketones (excluding diaryl/α,β-unsaturated/α-hetero) is 1. The van der Waals surface area contributed by atoms with Gasteiger partial charge < -0.3 is 0 Å². The molecule has 1 aliphatic heterocycles. The molecule has 1 aromatic heterocycles. The Balaban J connectivity index is 1.45. The van der Waals surface area contributed by atoms with Crippen molar-refractivity contribution in [1.82, 2.24) is 4.57 Å². The fourth-order valence-electron chi connectivity index (χ4n) is 4.65. The van der Waals surface area contributed by atoms with Crippen LogP contribution in [0.15, 0.2) is 48.7 Å². The van der Waals surface area contributed by atoms with Crippen LogP contribution in [0.4, 0.5) is 0 Å². The zero-order valence-corrected chi connectivity index (χ0v) is 16.7. The fraction of sp³-hybridized carbons (Fsp3) is 0.333. The van der Waals surface area contributed by atoms with Crippen LogP contribution in [-0.2, 0) is 32.4 Å². The summed E-state index contributed by atoms with van der Waals surface area (Å²) in [6.07, 6.45) is 9.03. The van der Waals surface area contributed by atoms with Crippen molar-refractivity contribution in [3.05, 3.63) is 76.2 Å². The van der Waals surface area contributed by atoms with E-state index in [2.05, 4.69) is 39.6 Å². The molecule has 0 saturated heterocycles. The first-order chi connectivity index (χ1) is 13.7. The second kappa shape index (κ2) is 7.21. The minimum Gasteiger partial charge on any atom is -0.290 e. The molecule has 28 heavy (non-hydrogen) atoms. The molecule has 1 aliphatic carbocycles. The van der Waals surface area contributed by atoms with Gasteiger partial charge in [-0.15, -0.1) is 0 Å². The third-order valence-electron chi connectivity index (χ3n) is 6.12. The van der Waals surface area contributed by atoms with Crippen molar-refractivity contribution in [3.8, 4) is 11.3 Å². The van der Waals surface area contributed by atoms with Crippen LogP contribution in [-0.4, -0.2) is 10.4 Å². The topological polar surface area (TPSA) is 25.9 Å². The number of hydrogen-bond acceptors (Lipinski definition) is 1. The Morgan fingerprint density at radius 1 is 0.964 bits per heavy atom. The van der Waals surface area contributed by atoms with E-state index in [0.717, 1.165) is 48.4 Å². The molecule has 0 atom stereocenters. The summed E-state index contributed by atoms with van der Waals surface area (Å²) < 4.78 is 4.50. The minimum atomic E-state index is 0.196. The van der Waals surface area contributed by atoms with Gasteiger partial charge in [0, 0.05) is 16.1 Å². The van der Waals surface area contributed by atoms with E-state index >= 15 is 0 Å². The number of imidazole rings is 1. The molecule has 0 bridgehead atoms. The zero-order chi connectivity index (χ0) is 19.1. The lowest BCUT2D eigenvalue weighted by molar-refractivity contribution is -0.689. The number of rotatable bonds is 4. The molecule has 5 rings (SSSR count). The lowest BCUT2D eigenvalue weighted by Crippen LogP contribution is -2.40. The molecule has 0 radical (unpaired) electrons. The number of aromatic nitrogens is 2. The standard InChI is InChI=1S/C24H24ClN2O/c25-21-11-9-18(10-12-21)22-15-26(24-6-3-13-27(22)24)16-23(28)20-8-7-17-4-1-2-5-19(17)14-20/h7-12,14-15H,1-6,13,16H2/q+1. The molecule has 0 spiro atoms. The third-order valence-corrected chi connectivity index (χ3v) is 6.37. The molecule has 0 amide bonds. The molecule has 2 aromatic carbocycles. The van der Waals surface area contributed by atoms with Crippen molar-refractivity contribution >= 4 is 17.4 Å². The van der Waals surface area contributed by atoms with Crippen molar-refractivity contribution in [1.29, 1.82) is 0 Å². The molecule has 3 aromatic rings. The van der Waals surface area contributed by atoms with Crippen LogP contribution in [0, 0.1) is 0 Å². The molecule has 0 N–H and O–H groups in total. The SMILES string of the molecule is O=C(C[n+]1cc(-c2ccc(Cl)cc2)n2c1CCC2)c1ccc2c(c1)CCCC2. The number of hydrogen-bond donors (Lipinski definition) is 0. The van der Waals surface area contributed by atoms with Gasteiger partial charge in [-0.05, 0) is 73.6 Å². The van der Waals surface area contributed by atoms with E-state index < -0.39 is 0 Å². The number of benzene rings is 2. The molecule has 0 unspecified atom stereocenters. The number of aryl methyl sites for hydroxylation is 2. The molecule has 0 saturated carbocycles. The van der Waals surface area contributed by atoms with E-state index in [-0.39, 0.29) is 5.78 Å². The number of carbonyl (C=O) groups excluding carboxylic acids is 1. The Hall–Kier alpha value is -2.39. The van der Waals surface area contributed by atoms with Gasteiger partial charge in [-0.1, -0.05) is 23.7 Å². The molecule has 142 valence electrons. The van der Waals surface area contributed by atoms with Gasteiger partial charge in [-0.3, -0.25) is 4.79 Å².